The summed E-state index contributed by atoms with van der Waals surface area (Å²) in [5, 5.41) is 14.3. The lowest BCUT2D eigenvalue weighted by Crippen LogP contribution is -2.49. The summed E-state index contributed by atoms with van der Waals surface area (Å²) in [6.07, 6.45) is 0. The van der Waals surface area contributed by atoms with Crippen LogP contribution in [0.4, 0.5) is 17.1 Å². The fourth-order valence-electron chi connectivity index (χ4n) is 4.56. The van der Waals surface area contributed by atoms with E-state index in [4.69, 9.17) is 16.0 Å². The van der Waals surface area contributed by atoms with Gasteiger partial charge in [-0.05, 0) is 48.9 Å². The van der Waals surface area contributed by atoms with E-state index < -0.39 is 10.8 Å². The number of nitrogens with one attached hydrogen (secondary N) is 1. The average Bonchev–Trinajstić information content (AvgIpc) is 3.44. The SMILES string of the molecule is Cc1ccccc1C(=O)N1CCN(c2ccc(NC(=O)c3ccc(-c4cccc([N+](=O)[O-])c4)o3)cc2Cl)CC1. The Kier molecular flexibility index (Phi) is 7.33. The van der Waals surface area contributed by atoms with Gasteiger partial charge in [-0.3, -0.25) is 19.7 Å². The number of halogens is 1. The quantitative estimate of drug-likeness (QED) is 0.234. The number of nitro groups is 1. The second-order valence-corrected chi connectivity index (χ2v) is 9.59. The number of anilines is 2. The predicted molar refractivity (Wildman–Crippen MR) is 149 cm³/mol. The molecule has 10 heteroatoms. The first-order chi connectivity index (χ1) is 18.8. The Morgan fingerprint density at radius 3 is 2.44 bits per heavy atom. The van der Waals surface area contributed by atoms with E-state index in [2.05, 4.69) is 10.2 Å². The van der Waals surface area contributed by atoms with Crippen molar-refractivity contribution in [3.8, 4) is 11.3 Å². The van der Waals surface area contributed by atoms with Crippen LogP contribution in [0.15, 0.2) is 83.3 Å². The number of non-ortho nitro benzene ring substituents is 1. The van der Waals surface area contributed by atoms with Gasteiger partial charge in [-0.1, -0.05) is 41.9 Å². The number of hydrogen-bond acceptors (Lipinski definition) is 6. The Bertz CT molecular complexity index is 1560. The first-order valence-corrected chi connectivity index (χ1v) is 12.7. The maximum absolute atomic E-state index is 12.9. The van der Waals surface area contributed by atoms with Crippen LogP contribution in [0, 0.1) is 17.0 Å². The van der Waals surface area contributed by atoms with Crippen molar-refractivity contribution in [1.82, 2.24) is 4.90 Å². The molecule has 9 nitrogen and oxygen atoms in total. The molecule has 198 valence electrons. The number of benzene rings is 3. The van der Waals surface area contributed by atoms with E-state index in [-0.39, 0.29) is 17.4 Å². The molecule has 1 aliphatic heterocycles. The molecule has 1 N–H and O–H groups in total. The van der Waals surface area contributed by atoms with Gasteiger partial charge in [0.15, 0.2) is 5.76 Å². The zero-order valence-corrected chi connectivity index (χ0v) is 21.9. The summed E-state index contributed by atoms with van der Waals surface area (Å²) >= 11 is 6.58. The van der Waals surface area contributed by atoms with E-state index in [1.54, 1.807) is 30.3 Å². The highest BCUT2D eigenvalue weighted by Gasteiger charge is 2.24. The number of hydrogen-bond donors (Lipinski definition) is 1. The van der Waals surface area contributed by atoms with Crippen molar-refractivity contribution in [2.24, 2.45) is 0 Å². The second kappa shape index (κ2) is 11.0. The Hall–Kier alpha value is -4.63. The molecule has 0 radical (unpaired) electrons. The number of nitrogens with zero attached hydrogens (tertiary/aromatic N) is 3. The second-order valence-electron chi connectivity index (χ2n) is 9.19. The molecule has 0 atom stereocenters. The van der Waals surface area contributed by atoms with E-state index in [0.29, 0.717) is 48.2 Å². The minimum atomic E-state index is -0.488. The number of aryl methyl sites for hydroxylation is 1. The van der Waals surface area contributed by atoms with E-state index in [9.17, 15) is 19.7 Å². The van der Waals surface area contributed by atoms with E-state index >= 15 is 0 Å². The van der Waals surface area contributed by atoms with Crippen LogP contribution in [0.5, 0.6) is 0 Å². The fraction of sp³-hybridized carbons (Fsp3) is 0.172. The van der Waals surface area contributed by atoms with Gasteiger partial charge in [0.1, 0.15) is 5.76 Å². The molecule has 5 rings (SSSR count). The van der Waals surface area contributed by atoms with E-state index in [1.807, 2.05) is 42.2 Å². The fourth-order valence-corrected chi connectivity index (χ4v) is 4.86. The van der Waals surface area contributed by atoms with Gasteiger partial charge < -0.3 is 19.5 Å². The molecule has 1 fully saturated rings. The topological polar surface area (TPSA) is 109 Å². The highest BCUT2D eigenvalue weighted by Crippen LogP contribution is 2.31. The van der Waals surface area contributed by atoms with Gasteiger partial charge in [0.05, 0.1) is 15.6 Å². The van der Waals surface area contributed by atoms with Gasteiger partial charge in [0, 0.05) is 55.1 Å². The van der Waals surface area contributed by atoms with Gasteiger partial charge in [-0.25, -0.2) is 0 Å². The number of amides is 2. The van der Waals surface area contributed by atoms with Gasteiger partial charge in [0.25, 0.3) is 17.5 Å². The molecular weight excluding hydrogens is 520 g/mol. The van der Waals surface area contributed by atoms with Crippen LogP contribution < -0.4 is 10.2 Å². The summed E-state index contributed by atoms with van der Waals surface area (Å²) in [7, 11) is 0. The lowest BCUT2D eigenvalue weighted by Gasteiger charge is -2.36. The number of rotatable bonds is 6. The summed E-state index contributed by atoms with van der Waals surface area (Å²) in [5.74, 6) is -0.0364. The zero-order valence-electron chi connectivity index (χ0n) is 21.1. The van der Waals surface area contributed by atoms with E-state index in [1.165, 1.54) is 18.2 Å². The van der Waals surface area contributed by atoms with Crippen molar-refractivity contribution in [1.29, 1.82) is 0 Å². The normalized spacial score (nSPS) is 13.3. The molecule has 2 heterocycles. The largest absolute Gasteiger partial charge is 0.451 e. The summed E-state index contributed by atoms with van der Waals surface area (Å²) in [6.45, 7) is 4.36. The minimum absolute atomic E-state index is 0.0310. The minimum Gasteiger partial charge on any atom is -0.451 e. The van der Waals surface area contributed by atoms with Crippen LogP contribution >= 0.6 is 11.6 Å². The highest BCUT2D eigenvalue weighted by atomic mass is 35.5. The molecule has 1 aliphatic rings. The summed E-state index contributed by atoms with van der Waals surface area (Å²) in [4.78, 5) is 40.2. The summed E-state index contributed by atoms with van der Waals surface area (Å²) in [6, 6.07) is 22.0. The summed E-state index contributed by atoms with van der Waals surface area (Å²) < 4.78 is 5.65. The van der Waals surface area contributed by atoms with Crippen LogP contribution in [0.2, 0.25) is 5.02 Å². The highest BCUT2D eigenvalue weighted by molar-refractivity contribution is 6.33. The third-order valence-corrected chi connectivity index (χ3v) is 6.96. The Morgan fingerprint density at radius 1 is 0.949 bits per heavy atom. The Balaban J connectivity index is 1.21. The van der Waals surface area contributed by atoms with Crippen molar-refractivity contribution >= 4 is 40.5 Å². The zero-order chi connectivity index (χ0) is 27.5. The first kappa shape index (κ1) is 26.0. The van der Waals surface area contributed by atoms with Crippen LogP contribution in [0.3, 0.4) is 0 Å². The molecule has 0 unspecified atom stereocenters. The summed E-state index contributed by atoms with van der Waals surface area (Å²) in [5.41, 5.74) is 3.43. The first-order valence-electron chi connectivity index (χ1n) is 12.4. The molecule has 2 amide bonds. The van der Waals surface area contributed by atoms with Gasteiger partial charge in [-0.15, -0.1) is 0 Å². The molecular formula is C29H25ClN4O5. The van der Waals surface area contributed by atoms with Crippen molar-refractivity contribution in [3.63, 3.8) is 0 Å². The van der Waals surface area contributed by atoms with Crippen molar-refractivity contribution in [2.45, 2.75) is 6.92 Å². The number of nitro benzene ring substituents is 1. The molecule has 1 aromatic heterocycles. The maximum atomic E-state index is 12.9. The van der Waals surface area contributed by atoms with E-state index in [0.717, 1.165) is 16.8 Å². The Labute approximate surface area is 229 Å². The number of furan rings is 1. The van der Waals surface area contributed by atoms with Gasteiger partial charge >= 0.3 is 0 Å². The van der Waals surface area contributed by atoms with Crippen LogP contribution in [0.1, 0.15) is 26.5 Å². The molecule has 3 aromatic carbocycles. The lowest BCUT2D eigenvalue weighted by atomic mass is 10.1. The smallest absolute Gasteiger partial charge is 0.291 e. The average molecular weight is 545 g/mol. The van der Waals surface area contributed by atoms with Crippen LogP contribution in [-0.2, 0) is 0 Å². The molecule has 0 aliphatic carbocycles. The van der Waals surface area contributed by atoms with Crippen molar-refractivity contribution < 1.29 is 18.9 Å². The molecule has 0 bridgehead atoms. The standard InChI is InChI=1S/C29H25ClN4O5/c1-19-5-2-3-8-23(19)29(36)33-15-13-32(14-16-33)25-10-9-21(18-24(25)30)31-28(35)27-12-11-26(39-27)20-6-4-7-22(17-20)34(37)38/h2-12,17-18H,13-16H2,1H3,(H,31,35). The van der Waals surface area contributed by atoms with Crippen LogP contribution in [0.25, 0.3) is 11.3 Å². The molecule has 0 saturated carbocycles. The van der Waals surface area contributed by atoms with Gasteiger partial charge in [-0.2, -0.15) is 0 Å². The molecule has 39 heavy (non-hydrogen) atoms. The van der Waals surface area contributed by atoms with Gasteiger partial charge in [0.2, 0.25) is 0 Å². The monoisotopic (exact) mass is 544 g/mol. The maximum Gasteiger partial charge on any atom is 0.291 e. The number of carbonyl (C=O) groups is 2. The number of piperazine rings is 1. The van der Waals surface area contributed by atoms with Crippen molar-refractivity contribution in [2.75, 3.05) is 36.4 Å². The predicted octanol–water partition coefficient (Wildman–Crippen LogP) is 6.03. The number of carbonyl (C=O) groups excluding carboxylic acids is 2. The third-order valence-electron chi connectivity index (χ3n) is 6.66. The molecule has 0 spiro atoms. The third kappa shape index (κ3) is 5.63. The molecule has 4 aromatic rings. The van der Waals surface area contributed by atoms with Crippen molar-refractivity contribution in [3.05, 3.63) is 111 Å². The molecule has 1 saturated heterocycles. The van der Waals surface area contributed by atoms with Crippen LogP contribution in [-0.4, -0.2) is 47.8 Å². The lowest BCUT2D eigenvalue weighted by molar-refractivity contribution is -0.384. The Morgan fingerprint density at radius 2 is 1.72 bits per heavy atom.